The number of benzene rings is 1. The second-order valence-corrected chi connectivity index (χ2v) is 5.10. The van der Waals surface area contributed by atoms with Gasteiger partial charge in [0.05, 0.1) is 12.4 Å². The molecule has 2 atom stereocenters. The molecule has 1 aromatic carbocycles. The Hall–Kier alpha value is -1.10. The van der Waals surface area contributed by atoms with Crippen molar-refractivity contribution in [1.82, 2.24) is 0 Å². The van der Waals surface area contributed by atoms with Crippen LogP contribution in [-0.2, 0) is 0 Å². The van der Waals surface area contributed by atoms with Crippen LogP contribution in [0.5, 0.6) is 0 Å². The lowest BCUT2D eigenvalue weighted by molar-refractivity contribution is 0.145. The van der Waals surface area contributed by atoms with Gasteiger partial charge in [-0.15, -0.1) is 0 Å². The third-order valence-electron chi connectivity index (χ3n) is 3.16. The van der Waals surface area contributed by atoms with E-state index in [-0.39, 0.29) is 5.92 Å². The summed E-state index contributed by atoms with van der Waals surface area (Å²) in [5, 5.41) is 10.5. The summed E-state index contributed by atoms with van der Waals surface area (Å²) in [5.41, 5.74) is 7.62. The van der Waals surface area contributed by atoms with Gasteiger partial charge in [0.1, 0.15) is 5.76 Å². The fraction of sp³-hybridized carbons (Fsp3) is 0.286. The van der Waals surface area contributed by atoms with Crippen LogP contribution < -0.4 is 5.73 Å². The van der Waals surface area contributed by atoms with Crippen LogP contribution in [0.3, 0.4) is 0 Å². The van der Waals surface area contributed by atoms with E-state index >= 15 is 0 Å². The van der Waals surface area contributed by atoms with E-state index in [1.165, 1.54) is 0 Å². The van der Waals surface area contributed by atoms with Crippen LogP contribution in [0, 0.1) is 6.92 Å². The number of hydrogen-bond donors (Lipinski definition) is 2. The second-order valence-electron chi connectivity index (χ2n) is 4.24. The molecule has 18 heavy (non-hydrogen) atoms. The number of nitrogens with two attached hydrogens (primary N) is 1. The third kappa shape index (κ3) is 2.51. The van der Waals surface area contributed by atoms with Gasteiger partial charge in [0.2, 0.25) is 0 Å². The minimum absolute atomic E-state index is 0.156. The van der Waals surface area contributed by atoms with E-state index in [4.69, 9.17) is 10.2 Å². The van der Waals surface area contributed by atoms with Crippen molar-refractivity contribution in [1.29, 1.82) is 0 Å². The van der Waals surface area contributed by atoms with Crippen LogP contribution in [0.25, 0.3) is 0 Å². The Labute approximate surface area is 115 Å². The van der Waals surface area contributed by atoms with Gasteiger partial charge in [-0.05, 0) is 24.6 Å². The zero-order valence-corrected chi connectivity index (χ0v) is 11.7. The molecular weight excluding hydrogens is 294 g/mol. The van der Waals surface area contributed by atoms with Gasteiger partial charge in [0, 0.05) is 22.5 Å². The molecule has 0 aliphatic heterocycles. The van der Waals surface area contributed by atoms with Gasteiger partial charge in [0.25, 0.3) is 0 Å². The molecule has 0 radical (unpaired) electrons. The maximum absolute atomic E-state index is 10.5. The molecule has 0 fully saturated rings. The number of aryl methyl sites for hydroxylation is 1. The standard InChI is InChI=1S/C14H16BrNO2/c1-9-10(6-7-18-9)14(17)12(8-16)11-4-2-3-5-13(11)15/h2-7,12,14,17H,8,16H2,1H3. The van der Waals surface area contributed by atoms with E-state index in [1.807, 2.05) is 31.2 Å². The van der Waals surface area contributed by atoms with Gasteiger partial charge in [-0.25, -0.2) is 0 Å². The van der Waals surface area contributed by atoms with Gasteiger partial charge >= 0.3 is 0 Å². The average molecular weight is 310 g/mol. The predicted molar refractivity (Wildman–Crippen MR) is 74.3 cm³/mol. The summed E-state index contributed by atoms with van der Waals surface area (Å²) in [4.78, 5) is 0. The minimum Gasteiger partial charge on any atom is -0.469 e. The molecule has 0 spiro atoms. The first-order valence-electron chi connectivity index (χ1n) is 5.81. The number of halogens is 1. The molecule has 3 nitrogen and oxygen atoms in total. The number of hydrogen-bond acceptors (Lipinski definition) is 3. The van der Waals surface area contributed by atoms with Gasteiger partial charge in [-0.3, -0.25) is 0 Å². The highest BCUT2D eigenvalue weighted by Crippen LogP contribution is 2.35. The summed E-state index contributed by atoms with van der Waals surface area (Å²) >= 11 is 3.50. The van der Waals surface area contributed by atoms with E-state index < -0.39 is 6.10 Å². The third-order valence-corrected chi connectivity index (χ3v) is 3.88. The number of furan rings is 1. The van der Waals surface area contributed by atoms with E-state index in [0.717, 1.165) is 21.4 Å². The van der Waals surface area contributed by atoms with Gasteiger partial charge < -0.3 is 15.3 Å². The Bertz CT molecular complexity index is 524. The van der Waals surface area contributed by atoms with Crippen molar-refractivity contribution in [2.24, 2.45) is 5.73 Å². The van der Waals surface area contributed by atoms with Crippen LogP contribution in [0.15, 0.2) is 45.5 Å². The molecule has 1 aromatic heterocycles. The molecule has 1 heterocycles. The molecule has 0 aliphatic carbocycles. The monoisotopic (exact) mass is 309 g/mol. The molecule has 2 rings (SSSR count). The Kier molecular flexibility index (Phi) is 4.22. The van der Waals surface area contributed by atoms with Crippen LogP contribution in [0.1, 0.15) is 28.9 Å². The quantitative estimate of drug-likeness (QED) is 0.912. The second kappa shape index (κ2) is 5.69. The Morgan fingerprint density at radius 3 is 2.56 bits per heavy atom. The molecule has 96 valence electrons. The lowest BCUT2D eigenvalue weighted by atomic mass is 9.89. The maximum Gasteiger partial charge on any atom is 0.106 e. The van der Waals surface area contributed by atoms with Gasteiger partial charge in [0.15, 0.2) is 0 Å². The molecule has 0 saturated carbocycles. The molecule has 4 heteroatoms. The predicted octanol–water partition coefficient (Wildman–Crippen LogP) is 3.13. The normalized spacial score (nSPS) is 14.4. The first-order valence-corrected chi connectivity index (χ1v) is 6.61. The van der Waals surface area contributed by atoms with Crippen molar-refractivity contribution in [3.63, 3.8) is 0 Å². The summed E-state index contributed by atoms with van der Waals surface area (Å²) in [6.07, 6.45) is 0.925. The summed E-state index contributed by atoms with van der Waals surface area (Å²) in [5.74, 6) is 0.574. The van der Waals surface area contributed by atoms with Crippen molar-refractivity contribution < 1.29 is 9.52 Å². The molecule has 0 bridgehead atoms. The number of aliphatic hydroxyl groups excluding tert-OH is 1. The minimum atomic E-state index is -0.660. The van der Waals surface area contributed by atoms with E-state index in [0.29, 0.717) is 6.54 Å². The SMILES string of the molecule is Cc1occc1C(O)C(CN)c1ccccc1Br. The summed E-state index contributed by atoms with van der Waals surface area (Å²) in [6.45, 7) is 2.21. The van der Waals surface area contributed by atoms with Gasteiger partial charge in [-0.1, -0.05) is 34.1 Å². The van der Waals surface area contributed by atoms with E-state index in [2.05, 4.69) is 15.9 Å². The summed E-state index contributed by atoms with van der Waals surface area (Å²) in [7, 11) is 0. The number of rotatable bonds is 4. The maximum atomic E-state index is 10.5. The van der Waals surface area contributed by atoms with Crippen LogP contribution in [0.2, 0.25) is 0 Å². The zero-order chi connectivity index (χ0) is 13.1. The van der Waals surface area contributed by atoms with E-state index in [1.54, 1.807) is 12.3 Å². The Morgan fingerprint density at radius 1 is 1.28 bits per heavy atom. The first-order chi connectivity index (χ1) is 8.65. The highest BCUT2D eigenvalue weighted by Gasteiger charge is 2.25. The fourth-order valence-corrected chi connectivity index (χ4v) is 2.70. The molecule has 0 aliphatic rings. The molecule has 0 saturated heterocycles. The van der Waals surface area contributed by atoms with Crippen molar-refractivity contribution in [2.45, 2.75) is 18.9 Å². The van der Waals surface area contributed by atoms with E-state index in [9.17, 15) is 5.11 Å². The number of aliphatic hydroxyl groups is 1. The molecular formula is C14H16BrNO2. The van der Waals surface area contributed by atoms with Crippen LogP contribution in [0.4, 0.5) is 0 Å². The topological polar surface area (TPSA) is 59.4 Å². The summed E-state index contributed by atoms with van der Waals surface area (Å²) in [6, 6.07) is 9.60. The molecule has 2 aromatic rings. The molecule has 3 N–H and O–H groups in total. The highest BCUT2D eigenvalue weighted by atomic mass is 79.9. The Morgan fingerprint density at radius 2 is 2.00 bits per heavy atom. The van der Waals surface area contributed by atoms with Gasteiger partial charge in [-0.2, -0.15) is 0 Å². The lowest BCUT2D eigenvalue weighted by Crippen LogP contribution is -2.20. The van der Waals surface area contributed by atoms with Crippen LogP contribution in [-0.4, -0.2) is 11.7 Å². The smallest absolute Gasteiger partial charge is 0.106 e. The van der Waals surface area contributed by atoms with Crippen molar-refractivity contribution >= 4 is 15.9 Å². The highest BCUT2D eigenvalue weighted by molar-refractivity contribution is 9.10. The van der Waals surface area contributed by atoms with Crippen molar-refractivity contribution in [3.8, 4) is 0 Å². The van der Waals surface area contributed by atoms with Crippen molar-refractivity contribution in [2.75, 3.05) is 6.54 Å². The largest absolute Gasteiger partial charge is 0.469 e. The first kappa shape index (κ1) is 13.3. The zero-order valence-electron chi connectivity index (χ0n) is 10.1. The molecule has 2 unspecified atom stereocenters. The Balaban J connectivity index is 2.35. The van der Waals surface area contributed by atoms with Crippen molar-refractivity contribution in [3.05, 3.63) is 58.0 Å². The summed E-state index contributed by atoms with van der Waals surface area (Å²) < 4.78 is 6.19. The average Bonchev–Trinajstić information content (AvgIpc) is 2.78. The molecule has 0 amide bonds. The lowest BCUT2D eigenvalue weighted by Gasteiger charge is -2.22. The van der Waals surface area contributed by atoms with Crippen LogP contribution >= 0.6 is 15.9 Å². The fourth-order valence-electron chi connectivity index (χ4n) is 2.12.